The second-order valence-corrected chi connectivity index (χ2v) is 5.82. The molecule has 0 amide bonds. The maximum absolute atomic E-state index is 12.3. The Balaban J connectivity index is 1.75. The number of carbonyl (C=O) groups is 1. The average Bonchev–Trinajstić information content (AvgIpc) is 2.60. The van der Waals surface area contributed by atoms with Crippen LogP contribution in [0, 0.1) is 0 Å². The molecule has 0 aromatic heterocycles. The van der Waals surface area contributed by atoms with Crippen molar-refractivity contribution in [3.05, 3.63) is 52.0 Å². The Morgan fingerprint density at radius 1 is 1.17 bits per heavy atom. The molecule has 1 aliphatic heterocycles. The van der Waals surface area contributed by atoms with Crippen LogP contribution in [0.15, 0.2) is 40.9 Å². The topological polar surface area (TPSA) is 54.0 Å². The molecule has 120 valence electrons. The molecule has 0 N–H and O–H groups in total. The number of carbonyl (C=O) groups excluding carboxylic acids is 1. The zero-order valence-corrected chi connectivity index (χ0v) is 14.1. The van der Waals surface area contributed by atoms with Gasteiger partial charge in [0.25, 0.3) is 0 Å². The molecule has 0 atom stereocenters. The first-order valence-electron chi connectivity index (χ1n) is 7.06. The van der Waals surface area contributed by atoms with Gasteiger partial charge in [-0.15, -0.1) is 0 Å². The van der Waals surface area contributed by atoms with Gasteiger partial charge in [0.1, 0.15) is 19.8 Å². The monoisotopic (exact) mass is 378 g/mol. The number of methoxy groups -OCH3 is 1. The molecular weight excluding hydrogens is 364 g/mol. The van der Waals surface area contributed by atoms with E-state index in [0.29, 0.717) is 36.0 Å². The van der Waals surface area contributed by atoms with Crippen LogP contribution in [0.2, 0.25) is 0 Å². The molecule has 2 aromatic carbocycles. The van der Waals surface area contributed by atoms with E-state index >= 15 is 0 Å². The predicted octanol–water partition coefficient (Wildman–Crippen LogP) is 3.59. The van der Waals surface area contributed by atoms with Crippen LogP contribution in [-0.4, -0.2) is 26.3 Å². The number of rotatable bonds is 4. The third kappa shape index (κ3) is 3.59. The lowest BCUT2D eigenvalue weighted by Gasteiger charge is -2.21. The van der Waals surface area contributed by atoms with E-state index < -0.39 is 5.97 Å². The number of esters is 1. The van der Waals surface area contributed by atoms with Crippen molar-refractivity contribution in [3.63, 3.8) is 0 Å². The van der Waals surface area contributed by atoms with Gasteiger partial charge in [-0.1, -0.05) is 28.1 Å². The lowest BCUT2D eigenvalue weighted by molar-refractivity contribution is 0.0471. The van der Waals surface area contributed by atoms with Gasteiger partial charge in [-0.05, 0) is 29.8 Å². The van der Waals surface area contributed by atoms with E-state index in [1.54, 1.807) is 12.1 Å². The molecule has 0 spiro atoms. The minimum absolute atomic E-state index is 0.197. The van der Waals surface area contributed by atoms with Crippen LogP contribution in [0.4, 0.5) is 0 Å². The van der Waals surface area contributed by atoms with Gasteiger partial charge >= 0.3 is 5.97 Å². The minimum Gasteiger partial charge on any atom is -0.493 e. The number of benzene rings is 2. The van der Waals surface area contributed by atoms with Crippen LogP contribution in [0.5, 0.6) is 17.2 Å². The smallest absolute Gasteiger partial charge is 0.338 e. The summed E-state index contributed by atoms with van der Waals surface area (Å²) in [4.78, 5) is 12.3. The fourth-order valence-electron chi connectivity index (χ4n) is 2.20. The van der Waals surface area contributed by atoms with Gasteiger partial charge in [-0.2, -0.15) is 0 Å². The lowest BCUT2D eigenvalue weighted by Crippen LogP contribution is -2.17. The Kier molecular flexibility index (Phi) is 4.71. The van der Waals surface area contributed by atoms with Crippen molar-refractivity contribution >= 4 is 21.9 Å². The number of halogens is 1. The third-order valence-corrected chi connectivity index (χ3v) is 3.88. The highest BCUT2D eigenvalue weighted by Gasteiger charge is 2.21. The third-order valence-electron chi connectivity index (χ3n) is 3.35. The van der Waals surface area contributed by atoms with Crippen molar-refractivity contribution in [1.82, 2.24) is 0 Å². The quantitative estimate of drug-likeness (QED) is 0.761. The highest BCUT2D eigenvalue weighted by atomic mass is 79.9. The normalized spacial score (nSPS) is 12.6. The van der Waals surface area contributed by atoms with Crippen molar-refractivity contribution in [2.24, 2.45) is 0 Å². The van der Waals surface area contributed by atoms with Crippen LogP contribution in [0.1, 0.15) is 15.9 Å². The Morgan fingerprint density at radius 3 is 2.65 bits per heavy atom. The largest absolute Gasteiger partial charge is 0.493 e. The van der Waals surface area contributed by atoms with E-state index in [2.05, 4.69) is 15.9 Å². The summed E-state index contributed by atoms with van der Waals surface area (Å²) in [5.74, 6) is 1.02. The number of fused-ring (bicyclic) bond motifs is 1. The molecule has 5 nitrogen and oxygen atoms in total. The van der Waals surface area contributed by atoms with Gasteiger partial charge in [0, 0.05) is 4.47 Å². The van der Waals surface area contributed by atoms with Crippen molar-refractivity contribution in [3.8, 4) is 17.2 Å². The van der Waals surface area contributed by atoms with E-state index in [0.717, 1.165) is 10.0 Å². The standard InChI is InChI=1S/C17H15BrO5/c1-20-14-8-12(9-15-16(14)22-7-6-21-15)17(19)23-10-11-2-4-13(18)5-3-11/h2-5,8-9H,6-7,10H2,1H3. The second kappa shape index (κ2) is 6.91. The summed E-state index contributed by atoms with van der Waals surface area (Å²) in [7, 11) is 1.52. The predicted molar refractivity (Wildman–Crippen MR) is 87.2 cm³/mol. The van der Waals surface area contributed by atoms with Crippen LogP contribution in [0.3, 0.4) is 0 Å². The van der Waals surface area contributed by atoms with Crippen molar-refractivity contribution in [2.45, 2.75) is 6.61 Å². The van der Waals surface area contributed by atoms with Gasteiger partial charge in [0.15, 0.2) is 11.5 Å². The van der Waals surface area contributed by atoms with Crippen molar-refractivity contribution in [1.29, 1.82) is 0 Å². The molecule has 0 fully saturated rings. The Bertz CT molecular complexity index is 694. The van der Waals surface area contributed by atoms with Gasteiger partial charge in [-0.25, -0.2) is 4.79 Å². The zero-order valence-electron chi connectivity index (χ0n) is 12.5. The number of hydrogen-bond acceptors (Lipinski definition) is 5. The molecule has 2 aromatic rings. The minimum atomic E-state index is -0.441. The van der Waals surface area contributed by atoms with E-state index in [1.165, 1.54) is 7.11 Å². The van der Waals surface area contributed by atoms with Gasteiger partial charge < -0.3 is 18.9 Å². The molecule has 0 bridgehead atoms. The summed E-state index contributed by atoms with van der Waals surface area (Å²) in [6.45, 7) is 1.09. The lowest BCUT2D eigenvalue weighted by atomic mass is 10.1. The van der Waals surface area contributed by atoms with E-state index in [4.69, 9.17) is 18.9 Å². The summed E-state index contributed by atoms with van der Waals surface area (Å²) < 4.78 is 22.6. The first-order chi connectivity index (χ1) is 11.2. The highest BCUT2D eigenvalue weighted by molar-refractivity contribution is 9.10. The van der Waals surface area contributed by atoms with Crippen LogP contribution >= 0.6 is 15.9 Å². The summed E-state index contributed by atoms with van der Waals surface area (Å²) in [6.07, 6.45) is 0. The Morgan fingerprint density at radius 2 is 1.91 bits per heavy atom. The van der Waals surface area contributed by atoms with Crippen LogP contribution in [0.25, 0.3) is 0 Å². The Labute approximate surface area is 142 Å². The fraction of sp³-hybridized carbons (Fsp3) is 0.235. The number of ether oxygens (including phenoxy) is 4. The summed E-state index contributed by atoms with van der Waals surface area (Å²) >= 11 is 3.37. The summed E-state index contributed by atoms with van der Waals surface area (Å²) in [5.41, 5.74) is 1.27. The molecule has 23 heavy (non-hydrogen) atoms. The average molecular weight is 379 g/mol. The Hall–Kier alpha value is -2.21. The highest BCUT2D eigenvalue weighted by Crippen LogP contribution is 2.40. The molecule has 0 saturated heterocycles. The summed E-state index contributed by atoms with van der Waals surface area (Å²) in [5, 5.41) is 0. The molecule has 1 heterocycles. The fourth-order valence-corrected chi connectivity index (χ4v) is 2.47. The maximum atomic E-state index is 12.3. The maximum Gasteiger partial charge on any atom is 0.338 e. The molecule has 6 heteroatoms. The first-order valence-corrected chi connectivity index (χ1v) is 7.86. The second-order valence-electron chi connectivity index (χ2n) is 4.91. The van der Waals surface area contributed by atoms with Gasteiger partial charge in [0.2, 0.25) is 5.75 Å². The van der Waals surface area contributed by atoms with Crippen LogP contribution < -0.4 is 14.2 Å². The zero-order chi connectivity index (χ0) is 16.2. The van der Waals surface area contributed by atoms with E-state index in [-0.39, 0.29) is 6.61 Å². The summed E-state index contributed by atoms with van der Waals surface area (Å²) in [6, 6.07) is 10.8. The molecular formula is C17H15BrO5. The SMILES string of the molecule is COc1cc(C(=O)OCc2ccc(Br)cc2)cc2c1OCCO2. The van der Waals surface area contributed by atoms with Crippen LogP contribution in [-0.2, 0) is 11.3 Å². The molecule has 0 unspecified atom stereocenters. The molecule has 0 saturated carbocycles. The molecule has 3 rings (SSSR count). The first kappa shape index (κ1) is 15.7. The molecule has 0 radical (unpaired) electrons. The van der Waals surface area contributed by atoms with Crippen molar-refractivity contribution < 1.29 is 23.7 Å². The molecule has 0 aliphatic carbocycles. The van der Waals surface area contributed by atoms with E-state index in [9.17, 15) is 4.79 Å². The number of hydrogen-bond donors (Lipinski definition) is 0. The van der Waals surface area contributed by atoms with Crippen molar-refractivity contribution in [2.75, 3.05) is 20.3 Å². The van der Waals surface area contributed by atoms with E-state index in [1.807, 2.05) is 24.3 Å². The molecule has 1 aliphatic rings. The van der Waals surface area contributed by atoms with Gasteiger partial charge in [-0.3, -0.25) is 0 Å². The van der Waals surface area contributed by atoms with Gasteiger partial charge in [0.05, 0.1) is 12.7 Å².